The second-order valence-electron chi connectivity index (χ2n) is 5.19. The third-order valence-corrected chi connectivity index (χ3v) is 4.01. The lowest BCUT2D eigenvalue weighted by atomic mass is 10.2. The van der Waals surface area contributed by atoms with Gasteiger partial charge in [-0.15, -0.1) is 6.42 Å². The van der Waals surface area contributed by atoms with Gasteiger partial charge in [0.1, 0.15) is 0 Å². The Bertz CT molecular complexity index is 461. The fourth-order valence-corrected chi connectivity index (χ4v) is 2.76. The standard InChI is InChI=1S/C16H22ClN3/c1-3-7-18-13-14(2)19-8-10-20(11-9-19)16-6-4-5-15(17)12-16/h1,4-6,12,14,18H,7-11,13H2,2H3. The summed E-state index contributed by atoms with van der Waals surface area (Å²) >= 11 is 6.05. The lowest BCUT2D eigenvalue weighted by Gasteiger charge is -2.39. The molecule has 0 aromatic heterocycles. The molecule has 1 saturated heterocycles. The molecular formula is C16H22ClN3. The second kappa shape index (κ2) is 7.54. The van der Waals surface area contributed by atoms with Gasteiger partial charge in [-0.3, -0.25) is 4.90 Å². The first-order chi connectivity index (χ1) is 9.70. The van der Waals surface area contributed by atoms with Gasteiger partial charge in [0, 0.05) is 49.5 Å². The van der Waals surface area contributed by atoms with Crippen molar-refractivity contribution in [3.8, 4) is 12.3 Å². The molecule has 1 aromatic rings. The lowest BCUT2D eigenvalue weighted by Crippen LogP contribution is -2.52. The van der Waals surface area contributed by atoms with Crippen LogP contribution in [0.2, 0.25) is 5.02 Å². The summed E-state index contributed by atoms with van der Waals surface area (Å²) in [5, 5.41) is 4.08. The van der Waals surface area contributed by atoms with Gasteiger partial charge in [-0.2, -0.15) is 0 Å². The van der Waals surface area contributed by atoms with Crippen LogP contribution in [0, 0.1) is 12.3 Å². The minimum Gasteiger partial charge on any atom is -0.369 e. The maximum absolute atomic E-state index is 6.05. The molecule has 1 N–H and O–H groups in total. The maximum atomic E-state index is 6.05. The highest BCUT2D eigenvalue weighted by molar-refractivity contribution is 6.30. The van der Waals surface area contributed by atoms with E-state index < -0.39 is 0 Å². The number of halogens is 1. The quantitative estimate of drug-likeness (QED) is 0.662. The Kier molecular flexibility index (Phi) is 5.72. The number of rotatable bonds is 5. The smallest absolute Gasteiger partial charge is 0.0574 e. The van der Waals surface area contributed by atoms with E-state index in [-0.39, 0.29) is 0 Å². The Morgan fingerprint density at radius 3 is 2.75 bits per heavy atom. The number of anilines is 1. The van der Waals surface area contributed by atoms with Crippen LogP contribution in [-0.2, 0) is 0 Å². The molecule has 0 radical (unpaired) electrons. The predicted octanol–water partition coefficient (Wildman–Crippen LogP) is 2.07. The fraction of sp³-hybridized carbons (Fsp3) is 0.500. The van der Waals surface area contributed by atoms with Crippen molar-refractivity contribution in [2.24, 2.45) is 0 Å². The molecule has 3 nitrogen and oxygen atoms in total. The summed E-state index contributed by atoms with van der Waals surface area (Å²) < 4.78 is 0. The van der Waals surface area contributed by atoms with Gasteiger partial charge in [0.15, 0.2) is 0 Å². The van der Waals surface area contributed by atoms with Crippen molar-refractivity contribution < 1.29 is 0 Å². The van der Waals surface area contributed by atoms with Crippen molar-refractivity contribution in [2.75, 3.05) is 44.2 Å². The third kappa shape index (κ3) is 4.14. The molecule has 1 unspecified atom stereocenters. The van der Waals surface area contributed by atoms with Crippen molar-refractivity contribution >= 4 is 17.3 Å². The number of hydrogen-bond acceptors (Lipinski definition) is 3. The fourth-order valence-electron chi connectivity index (χ4n) is 2.58. The average Bonchev–Trinajstić information content (AvgIpc) is 2.47. The topological polar surface area (TPSA) is 18.5 Å². The largest absolute Gasteiger partial charge is 0.369 e. The van der Waals surface area contributed by atoms with Crippen LogP contribution in [0.15, 0.2) is 24.3 Å². The van der Waals surface area contributed by atoms with Crippen molar-refractivity contribution in [1.82, 2.24) is 10.2 Å². The van der Waals surface area contributed by atoms with Crippen LogP contribution in [0.25, 0.3) is 0 Å². The zero-order valence-corrected chi connectivity index (χ0v) is 12.7. The number of benzene rings is 1. The maximum Gasteiger partial charge on any atom is 0.0574 e. The number of terminal acetylenes is 1. The summed E-state index contributed by atoms with van der Waals surface area (Å²) in [6, 6.07) is 8.61. The van der Waals surface area contributed by atoms with Gasteiger partial charge in [0.25, 0.3) is 0 Å². The van der Waals surface area contributed by atoms with E-state index in [0.29, 0.717) is 12.6 Å². The van der Waals surface area contributed by atoms with Gasteiger partial charge in [-0.05, 0) is 25.1 Å². The van der Waals surface area contributed by atoms with E-state index in [4.69, 9.17) is 18.0 Å². The summed E-state index contributed by atoms with van der Waals surface area (Å²) in [7, 11) is 0. The second-order valence-corrected chi connectivity index (χ2v) is 5.62. The Labute approximate surface area is 126 Å². The highest BCUT2D eigenvalue weighted by Crippen LogP contribution is 2.21. The van der Waals surface area contributed by atoms with E-state index in [1.807, 2.05) is 18.2 Å². The van der Waals surface area contributed by atoms with Gasteiger partial charge in [-0.1, -0.05) is 23.6 Å². The third-order valence-electron chi connectivity index (χ3n) is 3.78. The molecule has 108 valence electrons. The molecule has 0 amide bonds. The van der Waals surface area contributed by atoms with E-state index in [1.54, 1.807) is 0 Å². The van der Waals surface area contributed by atoms with Gasteiger partial charge in [-0.25, -0.2) is 0 Å². The van der Waals surface area contributed by atoms with Crippen LogP contribution in [0.3, 0.4) is 0 Å². The van der Waals surface area contributed by atoms with Crippen LogP contribution in [0.5, 0.6) is 0 Å². The van der Waals surface area contributed by atoms with E-state index in [2.05, 4.69) is 34.0 Å². The Morgan fingerprint density at radius 1 is 1.35 bits per heavy atom. The molecule has 0 saturated carbocycles. The van der Waals surface area contributed by atoms with Crippen LogP contribution in [0.1, 0.15) is 6.92 Å². The molecular weight excluding hydrogens is 270 g/mol. The molecule has 1 fully saturated rings. The van der Waals surface area contributed by atoms with Crippen molar-refractivity contribution in [3.63, 3.8) is 0 Å². The van der Waals surface area contributed by atoms with Crippen LogP contribution in [-0.4, -0.2) is 50.2 Å². The van der Waals surface area contributed by atoms with Gasteiger partial charge in [0.2, 0.25) is 0 Å². The first-order valence-electron chi connectivity index (χ1n) is 7.09. The number of nitrogens with zero attached hydrogens (tertiary/aromatic N) is 2. The van der Waals surface area contributed by atoms with E-state index in [9.17, 15) is 0 Å². The number of piperazine rings is 1. The molecule has 0 aliphatic carbocycles. The SMILES string of the molecule is C#CCNCC(C)N1CCN(c2cccc(Cl)c2)CC1. The van der Waals surface area contributed by atoms with Crippen molar-refractivity contribution in [2.45, 2.75) is 13.0 Å². The van der Waals surface area contributed by atoms with E-state index >= 15 is 0 Å². The summed E-state index contributed by atoms with van der Waals surface area (Å²) in [4.78, 5) is 4.90. The molecule has 1 aromatic carbocycles. The zero-order valence-electron chi connectivity index (χ0n) is 12.0. The number of hydrogen-bond donors (Lipinski definition) is 1. The lowest BCUT2D eigenvalue weighted by molar-refractivity contribution is 0.194. The van der Waals surface area contributed by atoms with Crippen LogP contribution < -0.4 is 10.2 Å². The van der Waals surface area contributed by atoms with Crippen LogP contribution in [0.4, 0.5) is 5.69 Å². The summed E-state index contributed by atoms with van der Waals surface area (Å²) in [6.07, 6.45) is 5.24. The number of nitrogens with one attached hydrogen (secondary N) is 1. The molecule has 1 aliphatic rings. The molecule has 20 heavy (non-hydrogen) atoms. The monoisotopic (exact) mass is 291 g/mol. The minimum absolute atomic E-state index is 0.518. The zero-order chi connectivity index (χ0) is 14.4. The molecule has 1 atom stereocenters. The van der Waals surface area contributed by atoms with Crippen molar-refractivity contribution in [3.05, 3.63) is 29.3 Å². The first-order valence-corrected chi connectivity index (χ1v) is 7.47. The van der Waals surface area contributed by atoms with Gasteiger partial charge >= 0.3 is 0 Å². The van der Waals surface area contributed by atoms with Crippen molar-refractivity contribution in [1.29, 1.82) is 0 Å². The van der Waals surface area contributed by atoms with E-state index in [1.165, 1.54) is 5.69 Å². The Morgan fingerprint density at radius 2 is 2.10 bits per heavy atom. The molecule has 2 rings (SSSR count). The Balaban J connectivity index is 1.82. The molecule has 1 aliphatic heterocycles. The minimum atomic E-state index is 0.518. The normalized spacial score (nSPS) is 17.8. The highest BCUT2D eigenvalue weighted by atomic mass is 35.5. The van der Waals surface area contributed by atoms with Gasteiger partial charge < -0.3 is 10.2 Å². The summed E-state index contributed by atoms with van der Waals surface area (Å²) in [5.41, 5.74) is 1.22. The average molecular weight is 292 g/mol. The van der Waals surface area contributed by atoms with Crippen LogP contribution >= 0.6 is 11.6 Å². The Hall–Kier alpha value is -1.21. The summed E-state index contributed by atoms with van der Waals surface area (Å²) in [6.45, 7) is 8.07. The van der Waals surface area contributed by atoms with Gasteiger partial charge in [0.05, 0.1) is 6.54 Å². The molecule has 0 spiro atoms. The first kappa shape index (κ1) is 15.2. The summed E-state index contributed by atoms with van der Waals surface area (Å²) in [5.74, 6) is 2.61. The highest BCUT2D eigenvalue weighted by Gasteiger charge is 2.20. The molecule has 4 heteroatoms. The predicted molar refractivity (Wildman–Crippen MR) is 86.4 cm³/mol. The molecule has 0 bridgehead atoms. The molecule has 1 heterocycles. The van der Waals surface area contributed by atoms with E-state index in [0.717, 1.165) is 37.7 Å².